The summed E-state index contributed by atoms with van der Waals surface area (Å²) < 4.78 is 17.8. The average molecular weight is 251 g/mol. The van der Waals surface area contributed by atoms with Gasteiger partial charge in [0.2, 0.25) is 0 Å². The minimum absolute atomic E-state index is 0.167. The summed E-state index contributed by atoms with van der Waals surface area (Å²) in [5.41, 5.74) is 1.08. The minimum atomic E-state index is -0.220. The number of carbonyl (C=O) groups excluding carboxylic acids is 1. The van der Waals surface area contributed by atoms with Gasteiger partial charge in [0, 0.05) is 6.04 Å². The number of esters is 1. The first-order chi connectivity index (χ1) is 8.69. The molecule has 98 valence electrons. The van der Waals surface area contributed by atoms with Crippen LogP contribution in [-0.4, -0.2) is 24.7 Å². The Balaban J connectivity index is 1.86. The molecule has 0 bridgehead atoms. The summed E-state index contributed by atoms with van der Waals surface area (Å²) in [4.78, 5) is 11.6. The van der Waals surface area contributed by atoms with Crippen LogP contribution in [0.3, 0.4) is 0 Å². The molecule has 0 amide bonds. The van der Waals surface area contributed by atoms with Crippen LogP contribution in [0.15, 0.2) is 24.3 Å². The Morgan fingerprint density at radius 1 is 1.39 bits per heavy atom. The molecule has 0 aliphatic carbocycles. The highest BCUT2D eigenvalue weighted by atomic mass is 19.1. The number of hydrogen-bond acceptors (Lipinski definition) is 3. The third-order valence-corrected chi connectivity index (χ3v) is 3.21. The van der Waals surface area contributed by atoms with Gasteiger partial charge in [0.1, 0.15) is 11.9 Å². The molecule has 1 heterocycles. The van der Waals surface area contributed by atoms with Gasteiger partial charge in [-0.2, -0.15) is 0 Å². The predicted molar refractivity (Wildman–Crippen MR) is 66.7 cm³/mol. The predicted octanol–water partition coefficient (Wildman–Crippen LogP) is 2.05. The lowest BCUT2D eigenvalue weighted by Gasteiger charge is -2.13. The van der Waals surface area contributed by atoms with Gasteiger partial charge in [0.05, 0.1) is 6.61 Å². The third-order valence-electron chi connectivity index (χ3n) is 3.21. The van der Waals surface area contributed by atoms with Crippen molar-refractivity contribution >= 4 is 5.97 Å². The normalized spacial score (nSPS) is 23.0. The van der Waals surface area contributed by atoms with Crippen molar-refractivity contribution < 1.29 is 13.9 Å². The lowest BCUT2D eigenvalue weighted by molar-refractivity contribution is -0.145. The highest BCUT2D eigenvalue weighted by Gasteiger charge is 2.29. The van der Waals surface area contributed by atoms with Gasteiger partial charge in [-0.15, -0.1) is 0 Å². The van der Waals surface area contributed by atoms with Gasteiger partial charge < -0.3 is 10.1 Å². The van der Waals surface area contributed by atoms with Gasteiger partial charge in [0.25, 0.3) is 0 Å². The number of ether oxygens (including phenoxy) is 1. The van der Waals surface area contributed by atoms with E-state index in [9.17, 15) is 9.18 Å². The molecular formula is C14H18FNO2. The van der Waals surface area contributed by atoms with Crippen LogP contribution in [0.2, 0.25) is 0 Å². The Bertz CT molecular complexity index is 405. The fraction of sp³-hybridized carbons (Fsp3) is 0.500. The van der Waals surface area contributed by atoms with E-state index in [1.807, 2.05) is 6.92 Å². The fourth-order valence-electron chi connectivity index (χ4n) is 2.31. The smallest absolute Gasteiger partial charge is 0.323 e. The largest absolute Gasteiger partial charge is 0.465 e. The van der Waals surface area contributed by atoms with Crippen LogP contribution in [0.1, 0.15) is 25.3 Å². The topological polar surface area (TPSA) is 38.3 Å². The molecule has 1 N–H and O–H groups in total. The number of rotatable bonds is 4. The second kappa shape index (κ2) is 5.96. The van der Waals surface area contributed by atoms with E-state index in [2.05, 4.69) is 5.32 Å². The maximum absolute atomic E-state index is 12.8. The summed E-state index contributed by atoms with van der Waals surface area (Å²) in [5, 5.41) is 3.27. The van der Waals surface area contributed by atoms with Crippen molar-refractivity contribution in [3.8, 4) is 0 Å². The quantitative estimate of drug-likeness (QED) is 0.832. The van der Waals surface area contributed by atoms with Gasteiger partial charge in [-0.3, -0.25) is 4.79 Å². The number of benzene rings is 1. The molecule has 0 saturated carbocycles. The molecule has 1 fully saturated rings. The molecule has 2 rings (SSSR count). The second-order valence-electron chi connectivity index (χ2n) is 4.58. The van der Waals surface area contributed by atoms with Crippen molar-refractivity contribution in [2.45, 2.75) is 38.3 Å². The highest BCUT2D eigenvalue weighted by Crippen LogP contribution is 2.17. The summed E-state index contributed by atoms with van der Waals surface area (Å²) >= 11 is 0. The van der Waals surface area contributed by atoms with Crippen molar-refractivity contribution in [2.75, 3.05) is 6.61 Å². The molecule has 1 aliphatic rings. The summed E-state index contributed by atoms with van der Waals surface area (Å²) in [7, 11) is 0. The summed E-state index contributed by atoms with van der Waals surface area (Å²) in [5.74, 6) is -0.387. The fourth-order valence-corrected chi connectivity index (χ4v) is 2.31. The van der Waals surface area contributed by atoms with Crippen molar-refractivity contribution in [2.24, 2.45) is 0 Å². The molecule has 4 heteroatoms. The van der Waals surface area contributed by atoms with Crippen molar-refractivity contribution in [3.05, 3.63) is 35.6 Å². The Labute approximate surface area is 106 Å². The van der Waals surface area contributed by atoms with E-state index in [4.69, 9.17) is 4.74 Å². The Morgan fingerprint density at radius 3 is 2.78 bits per heavy atom. The standard InChI is InChI=1S/C14H18FNO2/c1-2-18-14(17)13-8-7-12(16-13)9-10-3-5-11(15)6-4-10/h3-6,12-13,16H,2,7-9H2,1H3/t12-,13+/m0/s1. The molecule has 0 unspecified atom stereocenters. The van der Waals surface area contributed by atoms with E-state index in [0.29, 0.717) is 6.61 Å². The van der Waals surface area contributed by atoms with E-state index < -0.39 is 0 Å². The molecular weight excluding hydrogens is 233 g/mol. The molecule has 2 atom stereocenters. The van der Waals surface area contributed by atoms with Gasteiger partial charge in [0.15, 0.2) is 0 Å². The zero-order valence-electron chi connectivity index (χ0n) is 10.5. The average Bonchev–Trinajstić information content (AvgIpc) is 2.81. The van der Waals surface area contributed by atoms with Crippen LogP contribution in [0.4, 0.5) is 4.39 Å². The summed E-state index contributed by atoms with van der Waals surface area (Å²) in [6.07, 6.45) is 2.57. The molecule has 18 heavy (non-hydrogen) atoms. The molecule has 1 aliphatic heterocycles. The van der Waals surface area contributed by atoms with Crippen molar-refractivity contribution in [3.63, 3.8) is 0 Å². The van der Waals surface area contributed by atoms with E-state index in [-0.39, 0.29) is 23.9 Å². The van der Waals surface area contributed by atoms with Gasteiger partial charge in [-0.25, -0.2) is 4.39 Å². The third kappa shape index (κ3) is 3.29. The maximum Gasteiger partial charge on any atom is 0.323 e. The number of carbonyl (C=O) groups is 1. The number of hydrogen-bond donors (Lipinski definition) is 1. The first-order valence-electron chi connectivity index (χ1n) is 6.36. The Hall–Kier alpha value is -1.42. The van der Waals surface area contributed by atoms with Crippen LogP contribution in [0, 0.1) is 5.82 Å². The van der Waals surface area contributed by atoms with E-state index in [1.54, 1.807) is 12.1 Å². The maximum atomic E-state index is 12.8. The van der Waals surface area contributed by atoms with Crippen LogP contribution in [0.25, 0.3) is 0 Å². The van der Waals surface area contributed by atoms with Crippen LogP contribution in [0.5, 0.6) is 0 Å². The summed E-state index contributed by atoms with van der Waals surface area (Å²) in [6, 6.07) is 6.59. The highest BCUT2D eigenvalue weighted by molar-refractivity contribution is 5.76. The molecule has 1 saturated heterocycles. The van der Waals surface area contributed by atoms with Crippen molar-refractivity contribution in [1.82, 2.24) is 5.32 Å². The molecule has 3 nitrogen and oxygen atoms in total. The van der Waals surface area contributed by atoms with E-state index in [0.717, 1.165) is 24.8 Å². The molecule has 0 spiro atoms. The number of halogens is 1. The zero-order chi connectivity index (χ0) is 13.0. The van der Waals surface area contributed by atoms with Gasteiger partial charge in [-0.05, 0) is 43.9 Å². The van der Waals surface area contributed by atoms with Gasteiger partial charge >= 0.3 is 5.97 Å². The first kappa shape index (κ1) is 13.0. The molecule has 1 aromatic rings. The van der Waals surface area contributed by atoms with Crippen molar-refractivity contribution in [1.29, 1.82) is 0 Å². The lowest BCUT2D eigenvalue weighted by atomic mass is 10.0. The summed E-state index contributed by atoms with van der Waals surface area (Å²) in [6.45, 7) is 2.22. The van der Waals surface area contributed by atoms with Crippen LogP contribution in [-0.2, 0) is 16.0 Å². The SMILES string of the molecule is CCOC(=O)[C@H]1CC[C@@H](Cc2ccc(F)cc2)N1. The Kier molecular flexibility index (Phi) is 4.31. The van der Waals surface area contributed by atoms with E-state index >= 15 is 0 Å². The monoisotopic (exact) mass is 251 g/mol. The zero-order valence-corrected chi connectivity index (χ0v) is 10.5. The molecule has 0 aromatic heterocycles. The van der Waals surface area contributed by atoms with Crippen LogP contribution < -0.4 is 5.32 Å². The van der Waals surface area contributed by atoms with Gasteiger partial charge in [-0.1, -0.05) is 12.1 Å². The lowest BCUT2D eigenvalue weighted by Crippen LogP contribution is -2.37. The first-order valence-corrected chi connectivity index (χ1v) is 6.36. The van der Waals surface area contributed by atoms with E-state index in [1.165, 1.54) is 12.1 Å². The molecule has 1 aromatic carbocycles. The minimum Gasteiger partial charge on any atom is -0.465 e. The van der Waals surface area contributed by atoms with Crippen LogP contribution >= 0.6 is 0 Å². The second-order valence-corrected chi connectivity index (χ2v) is 4.58. The Morgan fingerprint density at radius 2 is 2.11 bits per heavy atom. The number of nitrogens with one attached hydrogen (secondary N) is 1. The molecule has 0 radical (unpaired) electrons.